The topological polar surface area (TPSA) is 95.7 Å². The normalized spacial score (nSPS) is 26.7. The van der Waals surface area contributed by atoms with Crippen LogP contribution in [0.25, 0.3) is 0 Å². The summed E-state index contributed by atoms with van der Waals surface area (Å²) in [4.78, 5) is 32.0. The summed E-state index contributed by atoms with van der Waals surface area (Å²) in [5.41, 5.74) is 0. The zero-order chi connectivity index (χ0) is 13.1. The van der Waals surface area contributed by atoms with Gasteiger partial charge in [-0.1, -0.05) is 0 Å². The minimum atomic E-state index is -0.977. The molecule has 1 aliphatic heterocycles. The van der Waals surface area contributed by atoms with Crippen LogP contribution >= 0.6 is 0 Å². The lowest BCUT2D eigenvalue weighted by molar-refractivity contribution is -0.480. The maximum absolute atomic E-state index is 11.7. The van der Waals surface area contributed by atoms with Gasteiger partial charge in [0.05, 0.1) is 0 Å². The van der Waals surface area contributed by atoms with E-state index in [1.165, 1.54) is 0 Å². The van der Waals surface area contributed by atoms with Gasteiger partial charge >= 0.3 is 0 Å². The second kappa shape index (κ2) is 5.33. The Balaban J connectivity index is 2.50. The Labute approximate surface area is 98.2 Å². The average molecular weight is 245 g/mol. The highest BCUT2D eigenvalue weighted by atomic mass is 16.8. The summed E-state index contributed by atoms with van der Waals surface area (Å²) in [7, 11) is 0. The molecule has 7 heteroatoms. The molecule has 0 radical (unpaired) electrons. The van der Waals surface area contributed by atoms with Gasteiger partial charge in [-0.25, -0.2) is 0 Å². The fraction of sp³-hybridized carbons (Fsp3) is 0.800. The highest BCUT2D eigenvalue weighted by molar-refractivity contribution is 5.87. The Morgan fingerprint density at radius 3 is 2.65 bits per heavy atom. The van der Waals surface area contributed by atoms with Crippen LogP contribution in [0.4, 0.5) is 0 Å². The Bertz CT molecular complexity index is 327. The van der Waals surface area contributed by atoms with Crippen molar-refractivity contribution in [1.82, 2.24) is 0 Å². The fourth-order valence-electron chi connectivity index (χ4n) is 1.66. The number of carbonyl (C=O) groups excluding carboxylic acids is 2. The van der Waals surface area contributed by atoms with Gasteiger partial charge in [-0.2, -0.15) is 0 Å². The van der Waals surface area contributed by atoms with Crippen molar-refractivity contribution in [2.24, 2.45) is 0 Å². The predicted molar refractivity (Wildman–Crippen MR) is 56.0 cm³/mol. The summed E-state index contributed by atoms with van der Waals surface area (Å²) in [6, 6.07) is 0. The minimum absolute atomic E-state index is 0.00935. The monoisotopic (exact) mass is 245 g/mol. The lowest BCUT2D eigenvalue weighted by Crippen LogP contribution is -2.32. The summed E-state index contributed by atoms with van der Waals surface area (Å²) in [6.45, 7) is 2.94. The van der Waals surface area contributed by atoms with Gasteiger partial charge in [-0.3, -0.25) is 14.9 Å². The molecule has 2 atom stereocenters. The lowest BCUT2D eigenvalue weighted by atomic mass is 10.1. The van der Waals surface area contributed by atoms with Crippen LogP contribution in [0.15, 0.2) is 0 Å². The zero-order valence-electron chi connectivity index (χ0n) is 9.75. The molecule has 96 valence electrons. The van der Waals surface area contributed by atoms with Crippen LogP contribution in [0.3, 0.4) is 0 Å². The molecule has 1 rings (SSSR count). The molecule has 0 aromatic heterocycles. The lowest BCUT2D eigenvalue weighted by Gasteiger charge is -2.16. The van der Waals surface area contributed by atoms with E-state index in [-0.39, 0.29) is 25.2 Å². The van der Waals surface area contributed by atoms with E-state index in [1.54, 1.807) is 13.8 Å². The first kappa shape index (κ1) is 13.7. The van der Waals surface area contributed by atoms with Gasteiger partial charge in [0, 0.05) is 17.8 Å². The summed E-state index contributed by atoms with van der Waals surface area (Å²) in [6.07, 6.45) is -1.21. The SMILES string of the molecule is CC1(C)O[C@@H](C=O)[C@H](C(=O)CCC[N+](=O)[O-])O1. The fourth-order valence-corrected chi connectivity index (χ4v) is 1.66. The molecule has 0 aromatic carbocycles. The number of rotatable bonds is 6. The molecule has 0 aliphatic carbocycles. The molecule has 17 heavy (non-hydrogen) atoms. The van der Waals surface area contributed by atoms with Crippen LogP contribution in [-0.4, -0.2) is 41.5 Å². The van der Waals surface area contributed by atoms with Crippen LogP contribution < -0.4 is 0 Å². The third-order valence-electron chi connectivity index (χ3n) is 2.34. The predicted octanol–water partition coefficient (Wildman–Crippen LogP) is 0.331. The van der Waals surface area contributed by atoms with Crippen LogP contribution in [0.1, 0.15) is 26.7 Å². The smallest absolute Gasteiger partial charge is 0.204 e. The summed E-state index contributed by atoms with van der Waals surface area (Å²) < 4.78 is 10.5. The standard InChI is InChI=1S/C10H15NO6/c1-10(2)16-8(6-12)9(17-10)7(13)4-3-5-11(14)15/h6,8-9H,3-5H2,1-2H3/t8-,9-/m0/s1. The number of nitro groups is 1. The summed E-state index contributed by atoms with van der Waals surface area (Å²) in [5.74, 6) is -1.32. The number of ether oxygens (including phenoxy) is 2. The van der Waals surface area contributed by atoms with Gasteiger partial charge in [0.2, 0.25) is 6.54 Å². The third-order valence-corrected chi connectivity index (χ3v) is 2.34. The molecular weight excluding hydrogens is 230 g/mol. The second-order valence-corrected chi connectivity index (χ2v) is 4.28. The van der Waals surface area contributed by atoms with Crippen molar-refractivity contribution in [3.63, 3.8) is 0 Å². The molecule has 0 bridgehead atoms. The zero-order valence-corrected chi connectivity index (χ0v) is 9.75. The van der Waals surface area contributed by atoms with E-state index >= 15 is 0 Å². The van der Waals surface area contributed by atoms with Gasteiger partial charge in [0.25, 0.3) is 0 Å². The van der Waals surface area contributed by atoms with Gasteiger partial charge in [0.15, 0.2) is 24.0 Å². The van der Waals surface area contributed by atoms with E-state index in [0.29, 0.717) is 6.29 Å². The molecule has 0 N–H and O–H groups in total. The van der Waals surface area contributed by atoms with Gasteiger partial charge in [-0.05, 0) is 13.8 Å². The Kier molecular flexibility index (Phi) is 4.30. The molecule has 0 saturated carbocycles. The molecule has 0 spiro atoms. The van der Waals surface area contributed by atoms with Crippen molar-refractivity contribution in [2.45, 2.75) is 44.7 Å². The number of ketones is 1. The highest BCUT2D eigenvalue weighted by Crippen LogP contribution is 2.28. The number of Topliss-reactive ketones (excluding diaryl/α,β-unsaturated/α-hetero) is 1. The van der Waals surface area contributed by atoms with E-state index in [2.05, 4.69) is 0 Å². The number of hydrogen-bond acceptors (Lipinski definition) is 6. The molecule has 1 aliphatic rings. The summed E-state index contributed by atoms with van der Waals surface area (Å²) in [5, 5.41) is 10.1. The van der Waals surface area contributed by atoms with E-state index in [1.807, 2.05) is 0 Å². The summed E-state index contributed by atoms with van der Waals surface area (Å²) >= 11 is 0. The van der Waals surface area contributed by atoms with Crippen molar-refractivity contribution in [2.75, 3.05) is 6.54 Å². The second-order valence-electron chi connectivity index (χ2n) is 4.28. The van der Waals surface area contributed by atoms with Crippen molar-refractivity contribution in [3.8, 4) is 0 Å². The Morgan fingerprint density at radius 2 is 2.12 bits per heavy atom. The molecule has 1 heterocycles. The number of carbonyl (C=O) groups is 2. The van der Waals surface area contributed by atoms with Gasteiger partial charge in [0.1, 0.15) is 6.10 Å². The molecule has 7 nitrogen and oxygen atoms in total. The first-order chi connectivity index (χ1) is 7.85. The van der Waals surface area contributed by atoms with Crippen LogP contribution in [-0.2, 0) is 19.1 Å². The maximum atomic E-state index is 11.7. The van der Waals surface area contributed by atoms with Crippen molar-refractivity contribution >= 4 is 12.1 Å². The van der Waals surface area contributed by atoms with Gasteiger partial charge < -0.3 is 14.3 Å². The maximum Gasteiger partial charge on any atom is 0.204 e. The quantitative estimate of drug-likeness (QED) is 0.380. The van der Waals surface area contributed by atoms with E-state index in [0.717, 1.165) is 0 Å². The average Bonchev–Trinajstić information content (AvgIpc) is 2.53. The first-order valence-corrected chi connectivity index (χ1v) is 5.31. The third kappa shape index (κ3) is 3.86. The molecule has 0 amide bonds. The Hall–Kier alpha value is -1.34. The van der Waals surface area contributed by atoms with Crippen LogP contribution in [0.5, 0.6) is 0 Å². The largest absolute Gasteiger partial charge is 0.337 e. The molecule has 1 saturated heterocycles. The molecule has 0 aromatic rings. The molecule has 0 unspecified atom stereocenters. The van der Waals surface area contributed by atoms with Crippen molar-refractivity contribution in [3.05, 3.63) is 10.1 Å². The van der Waals surface area contributed by atoms with Crippen molar-refractivity contribution < 1.29 is 24.0 Å². The van der Waals surface area contributed by atoms with E-state index < -0.39 is 22.9 Å². The van der Waals surface area contributed by atoms with Crippen LogP contribution in [0.2, 0.25) is 0 Å². The van der Waals surface area contributed by atoms with E-state index in [4.69, 9.17) is 9.47 Å². The Morgan fingerprint density at radius 1 is 1.47 bits per heavy atom. The number of nitrogens with zero attached hydrogens (tertiary/aromatic N) is 1. The van der Waals surface area contributed by atoms with Crippen LogP contribution in [0, 0.1) is 10.1 Å². The minimum Gasteiger partial charge on any atom is -0.337 e. The number of aldehydes is 1. The highest BCUT2D eigenvalue weighted by Gasteiger charge is 2.44. The van der Waals surface area contributed by atoms with Crippen molar-refractivity contribution in [1.29, 1.82) is 0 Å². The number of hydrogen-bond donors (Lipinski definition) is 0. The molecule has 1 fully saturated rings. The molecular formula is C10H15NO6. The van der Waals surface area contributed by atoms with E-state index in [9.17, 15) is 19.7 Å². The first-order valence-electron chi connectivity index (χ1n) is 5.31. The van der Waals surface area contributed by atoms with Gasteiger partial charge in [-0.15, -0.1) is 0 Å².